The second-order valence-corrected chi connectivity index (χ2v) is 3.38. The van der Waals surface area contributed by atoms with Crippen LogP contribution >= 0.6 is 0 Å². The molecule has 0 amide bonds. The van der Waals surface area contributed by atoms with Crippen LogP contribution in [0.4, 0.5) is 5.69 Å². The molecule has 1 aliphatic carbocycles. The van der Waals surface area contributed by atoms with Crippen molar-refractivity contribution in [3.8, 4) is 0 Å². The Bertz CT molecular complexity index is 296. The quantitative estimate of drug-likeness (QED) is 0.563. The Hall–Kier alpha value is -1.02. The van der Waals surface area contributed by atoms with Crippen molar-refractivity contribution >= 4 is 5.69 Å². The molecule has 3 N–H and O–H groups in total. The summed E-state index contributed by atoms with van der Waals surface area (Å²) in [6.07, 6.45) is 2.37. The number of rotatable bonds is 0. The maximum absolute atomic E-state index is 9.41. The molecule has 0 radical (unpaired) electrons. The van der Waals surface area contributed by atoms with E-state index in [-0.39, 0.29) is 6.10 Å². The molecule has 0 saturated heterocycles. The van der Waals surface area contributed by atoms with E-state index in [1.165, 1.54) is 11.1 Å². The monoisotopic (exact) mass is 163 g/mol. The summed E-state index contributed by atoms with van der Waals surface area (Å²) in [5.41, 5.74) is 9.13. The fourth-order valence-electron chi connectivity index (χ4n) is 1.82. The second-order valence-electron chi connectivity index (χ2n) is 3.38. The molecule has 0 aliphatic heterocycles. The van der Waals surface area contributed by atoms with Crippen LogP contribution in [0.5, 0.6) is 0 Å². The summed E-state index contributed by atoms with van der Waals surface area (Å²) in [6.45, 7) is 0. The number of anilines is 1. The Labute approximate surface area is 72.0 Å². The van der Waals surface area contributed by atoms with Crippen molar-refractivity contribution in [2.45, 2.75) is 25.4 Å². The minimum absolute atomic E-state index is 0.167. The fourth-order valence-corrected chi connectivity index (χ4v) is 1.82. The summed E-state index contributed by atoms with van der Waals surface area (Å²) in [5.74, 6) is 0. The predicted octanol–water partition coefficient (Wildman–Crippen LogP) is 1.12. The molecule has 2 heteroatoms. The van der Waals surface area contributed by atoms with Crippen LogP contribution in [0.25, 0.3) is 0 Å². The van der Waals surface area contributed by atoms with Gasteiger partial charge in [-0.3, -0.25) is 0 Å². The molecule has 1 atom stereocenters. The molecule has 2 rings (SSSR count). The zero-order valence-electron chi connectivity index (χ0n) is 6.96. The molecule has 0 fully saturated rings. The van der Waals surface area contributed by atoms with Crippen molar-refractivity contribution in [2.24, 2.45) is 0 Å². The first-order chi connectivity index (χ1) is 5.77. The number of nitrogen functional groups attached to an aromatic ring is 1. The van der Waals surface area contributed by atoms with E-state index in [1.54, 1.807) is 0 Å². The van der Waals surface area contributed by atoms with Crippen molar-refractivity contribution in [3.63, 3.8) is 0 Å². The highest BCUT2D eigenvalue weighted by Gasteiger charge is 2.17. The molecule has 1 aliphatic rings. The summed E-state index contributed by atoms with van der Waals surface area (Å²) >= 11 is 0. The molecule has 0 aromatic heterocycles. The van der Waals surface area contributed by atoms with Gasteiger partial charge in [0.25, 0.3) is 0 Å². The van der Waals surface area contributed by atoms with Gasteiger partial charge in [-0.1, -0.05) is 12.1 Å². The van der Waals surface area contributed by atoms with Crippen LogP contribution < -0.4 is 5.73 Å². The summed E-state index contributed by atoms with van der Waals surface area (Å²) < 4.78 is 0. The van der Waals surface area contributed by atoms with Crippen LogP contribution in [0, 0.1) is 0 Å². The molecular formula is C10H13NO. The predicted molar refractivity (Wildman–Crippen MR) is 48.9 cm³/mol. The topological polar surface area (TPSA) is 46.2 Å². The molecule has 64 valence electrons. The number of benzene rings is 1. The van der Waals surface area contributed by atoms with Gasteiger partial charge in [0.1, 0.15) is 0 Å². The van der Waals surface area contributed by atoms with Crippen molar-refractivity contribution in [1.29, 1.82) is 0 Å². The largest absolute Gasteiger partial charge is 0.398 e. The SMILES string of the molecule is Nc1cccc2c1CC[C@H](O)C2. The first kappa shape index (κ1) is 7.62. The zero-order valence-corrected chi connectivity index (χ0v) is 6.96. The van der Waals surface area contributed by atoms with E-state index < -0.39 is 0 Å². The van der Waals surface area contributed by atoms with Crippen LogP contribution in [0.3, 0.4) is 0 Å². The highest BCUT2D eigenvalue weighted by atomic mass is 16.3. The number of hydrogen-bond donors (Lipinski definition) is 2. The third-order valence-electron chi connectivity index (χ3n) is 2.49. The highest BCUT2D eigenvalue weighted by Crippen LogP contribution is 2.25. The molecule has 12 heavy (non-hydrogen) atoms. The molecule has 0 heterocycles. The summed E-state index contributed by atoms with van der Waals surface area (Å²) in [5, 5.41) is 9.41. The number of nitrogens with two attached hydrogens (primary N) is 1. The van der Waals surface area contributed by atoms with Crippen molar-refractivity contribution < 1.29 is 5.11 Å². The van der Waals surface area contributed by atoms with Gasteiger partial charge in [0.15, 0.2) is 0 Å². The third kappa shape index (κ3) is 1.18. The van der Waals surface area contributed by atoms with Gasteiger partial charge in [-0.2, -0.15) is 0 Å². The van der Waals surface area contributed by atoms with E-state index in [4.69, 9.17) is 5.73 Å². The van der Waals surface area contributed by atoms with Crippen LogP contribution in [0.2, 0.25) is 0 Å². The highest BCUT2D eigenvalue weighted by molar-refractivity contribution is 5.52. The van der Waals surface area contributed by atoms with E-state index in [0.717, 1.165) is 24.9 Å². The minimum atomic E-state index is -0.167. The first-order valence-electron chi connectivity index (χ1n) is 4.31. The average molecular weight is 163 g/mol. The minimum Gasteiger partial charge on any atom is -0.398 e. The van der Waals surface area contributed by atoms with Crippen LogP contribution in [0.1, 0.15) is 17.5 Å². The van der Waals surface area contributed by atoms with Gasteiger partial charge in [-0.25, -0.2) is 0 Å². The Morgan fingerprint density at radius 2 is 2.25 bits per heavy atom. The van der Waals surface area contributed by atoms with Gasteiger partial charge in [-0.05, 0) is 36.5 Å². The Morgan fingerprint density at radius 3 is 3.08 bits per heavy atom. The van der Waals surface area contributed by atoms with Crippen LogP contribution in [-0.2, 0) is 12.8 Å². The Balaban J connectivity index is 2.42. The van der Waals surface area contributed by atoms with Gasteiger partial charge >= 0.3 is 0 Å². The third-order valence-corrected chi connectivity index (χ3v) is 2.49. The Morgan fingerprint density at radius 1 is 1.42 bits per heavy atom. The summed E-state index contributed by atoms with van der Waals surface area (Å²) in [6, 6.07) is 5.93. The Kier molecular flexibility index (Phi) is 1.77. The number of aliphatic hydroxyl groups is 1. The summed E-state index contributed by atoms with van der Waals surface area (Å²) in [4.78, 5) is 0. The van der Waals surface area contributed by atoms with Gasteiger partial charge < -0.3 is 10.8 Å². The molecule has 1 aromatic carbocycles. The van der Waals surface area contributed by atoms with Crippen molar-refractivity contribution in [2.75, 3.05) is 5.73 Å². The lowest BCUT2D eigenvalue weighted by atomic mass is 9.89. The van der Waals surface area contributed by atoms with Gasteiger partial charge in [0.2, 0.25) is 0 Å². The lowest BCUT2D eigenvalue weighted by Gasteiger charge is -2.21. The molecule has 2 nitrogen and oxygen atoms in total. The lowest BCUT2D eigenvalue weighted by Crippen LogP contribution is -2.19. The zero-order chi connectivity index (χ0) is 8.55. The molecule has 1 aromatic rings. The summed E-state index contributed by atoms with van der Waals surface area (Å²) in [7, 11) is 0. The first-order valence-corrected chi connectivity index (χ1v) is 4.31. The number of fused-ring (bicyclic) bond motifs is 1. The van der Waals surface area contributed by atoms with Gasteiger partial charge in [-0.15, -0.1) is 0 Å². The normalized spacial score (nSPS) is 21.9. The fraction of sp³-hybridized carbons (Fsp3) is 0.400. The number of hydrogen-bond acceptors (Lipinski definition) is 2. The van der Waals surface area contributed by atoms with Crippen LogP contribution in [-0.4, -0.2) is 11.2 Å². The molecule has 0 saturated carbocycles. The van der Waals surface area contributed by atoms with Gasteiger partial charge in [0.05, 0.1) is 6.10 Å². The second kappa shape index (κ2) is 2.79. The van der Waals surface area contributed by atoms with E-state index >= 15 is 0 Å². The van der Waals surface area contributed by atoms with Crippen molar-refractivity contribution in [3.05, 3.63) is 29.3 Å². The number of aliphatic hydroxyl groups excluding tert-OH is 1. The van der Waals surface area contributed by atoms with E-state index in [2.05, 4.69) is 0 Å². The maximum Gasteiger partial charge on any atom is 0.0583 e. The molecular weight excluding hydrogens is 150 g/mol. The molecule has 0 spiro atoms. The standard InChI is InChI=1S/C10H13NO/c11-10-3-1-2-7-6-8(12)4-5-9(7)10/h1-3,8,12H,4-6,11H2/t8-/m0/s1. The maximum atomic E-state index is 9.41. The smallest absolute Gasteiger partial charge is 0.0583 e. The van der Waals surface area contributed by atoms with Crippen molar-refractivity contribution in [1.82, 2.24) is 0 Å². The van der Waals surface area contributed by atoms with Crippen LogP contribution in [0.15, 0.2) is 18.2 Å². The average Bonchev–Trinajstić information content (AvgIpc) is 2.04. The molecule has 0 unspecified atom stereocenters. The van der Waals surface area contributed by atoms with E-state index in [0.29, 0.717) is 0 Å². The van der Waals surface area contributed by atoms with E-state index in [9.17, 15) is 5.11 Å². The molecule has 0 bridgehead atoms. The van der Waals surface area contributed by atoms with E-state index in [1.807, 2.05) is 18.2 Å². The van der Waals surface area contributed by atoms with Gasteiger partial charge in [0, 0.05) is 5.69 Å². The lowest BCUT2D eigenvalue weighted by molar-refractivity contribution is 0.159.